The highest BCUT2D eigenvalue weighted by atomic mass is 16.5. The molecule has 2 aliphatic rings. The number of ether oxygens (including phenoxy) is 1. The highest BCUT2D eigenvalue weighted by Gasteiger charge is 2.19. The smallest absolute Gasteiger partial charge is 0.268 e. The van der Waals surface area contributed by atoms with E-state index in [9.17, 15) is 4.79 Å². The molecule has 0 saturated carbocycles. The molecular weight excluding hydrogens is 280 g/mol. The van der Waals surface area contributed by atoms with Gasteiger partial charge in [-0.2, -0.15) is 5.10 Å². The van der Waals surface area contributed by atoms with Gasteiger partial charge in [0.05, 0.1) is 25.1 Å². The van der Waals surface area contributed by atoms with Crippen LogP contribution in [0.15, 0.2) is 17.1 Å². The molecule has 2 saturated heterocycles. The van der Waals surface area contributed by atoms with Crippen molar-refractivity contribution in [3.63, 3.8) is 0 Å². The van der Waals surface area contributed by atoms with Gasteiger partial charge in [-0.25, -0.2) is 4.68 Å². The number of hydrogen-bond acceptors (Lipinski definition) is 5. The van der Waals surface area contributed by atoms with E-state index in [2.05, 4.69) is 21.9 Å². The number of anilines is 1. The Balaban J connectivity index is 1.61. The van der Waals surface area contributed by atoms with Crippen molar-refractivity contribution in [2.45, 2.75) is 38.3 Å². The van der Waals surface area contributed by atoms with E-state index in [1.807, 2.05) is 6.20 Å². The van der Waals surface area contributed by atoms with Crippen LogP contribution >= 0.6 is 0 Å². The van der Waals surface area contributed by atoms with E-state index < -0.39 is 0 Å². The monoisotopic (exact) mass is 306 g/mol. The molecule has 3 rings (SSSR count). The highest BCUT2D eigenvalue weighted by Crippen LogP contribution is 2.18. The molecule has 1 aromatic heterocycles. The van der Waals surface area contributed by atoms with Crippen molar-refractivity contribution in [1.82, 2.24) is 14.7 Å². The van der Waals surface area contributed by atoms with Gasteiger partial charge in [-0.3, -0.25) is 4.79 Å². The van der Waals surface area contributed by atoms with Gasteiger partial charge in [0.25, 0.3) is 5.56 Å². The van der Waals surface area contributed by atoms with E-state index in [0.29, 0.717) is 12.6 Å². The summed E-state index contributed by atoms with van der Waals surface area (Å²) in [5.74, 6) is 0. The lowest BCUT2D eigenvalue weighted by Crippen LogP contribution is -2.39. The van der Waals surface area contributed by atoms with E-state index >= 15 is 0 Å². The molecule has 0 bridgehead atoms. The molecule has 122 valence electrons. The number of rotatable bonds is 4. The molecule has 0 aromatic carbocycles. The van der Waals surface area contributed by atoms with Crippen LogP contribution < -0.4 is 10.5 Å². The van der Waals surface area contributed by atoms with Crippen LogP contribution in [0.25, 0.3) is 0 Å². The Morgan fingerprint density at radius 1 is 1.27 bits per heavy atom. The van der Waals surface area contributed by atoms with Crippen molar-refractivity contribution in [2.75, 3.05) is 44.8 Å². The van der Waals surface area contributed by atoms with Crippen LogP contribution in [0.4, 0.5) is 5.69 Å². The number of aromatic nitrogens is 2. The van der Waals surface area contributed by atoms with Crippen LogP contribution in [0.5, 0.6) is 0 Å². The van der Waals surface area contributed by atoms with Crippen LogP contribution in [0.1, 0.15) is 25.7 Å². The van der Waals surface area contributed by atoms with Gasteiger partial charge < -0.3 is 14.5 Å². The van der Waals surface area contributed by atoms with Crippen molar-refractivity contribution in [1.29, 1.82) is 0 Å². The maximum Gasteiger partial charge on any atom is 0.268 e. The number of likely N-dealkylation sites (tertiary alicyclic amines) is 1. The molecule has 6 nitrogen and oxygen atoms in total. The van der Waals surface area contributed by atoms with Crippen molar-refractivity contribution in [3.05, 3.63) is 22.6 Å². The number of nitrogens with zero attached hydrogens (tertiary/aromatic N) is 4. The average Bonchev–Trinajstić information content (AvgIpc) is 2.56. The molecule has 0 aliphatic carbocycles. The molecule has 1 aromatic rings. The summed E-state index contributed by atoms with van der Waals surface area (Å²) in [7, 11) is 2.18. The quantitative estimate of drug-likeness (QED) is 0.829. The lowest BCUT2D eigenvalue weighted by Gasteiger charge is -2.32. The lowest BCUT2D eigenvalue weighted by molar-refractivity contribution is 0.122. The minimum atomic E-state index is 0.00227. The summed E-state index contributed by atoms with van der Waals surface area (Å²) in [6, 6.07) is 2.30. The maximum absolute atomic E-state index is 12.3. The second kappa shape index (κ2) is 7.24. The SMILES string of the molecule is CN1CCCCC1CCn1ncc(N2CCOCC2)cc1=O. The minimum absolute atomic E-state index is 0.00227. The highest BCUT2D eigenvalue weighted by molar-refractivity contribution is 5.43. The summed E-state index contributed by atoms with van der Waals surface area (Å²) in [6.07, 6.45) is 6.64. The van der Waals surface area contributed by atoms with Crippen LogP contribution in [0, 0.1) is 0 Å². The zero-order chi connectivity index (χ0) is 15.4. The van der Waals surface area contributed by atoms with Gasteiger partial charge in [-0.1, -0.05) is 6.42 Å². The molecule has 2 aliphatic heterocycles. The Hall–Kier alpha value is -1.40. The first-order valence-corrected chi connectivity index (χ1v) is 8.34. The summed E-state index contributed by atoms with van der Waals surface area (Å²) >= 11 is 0. The molecule has 2 fully saturated rings. The number of morpholine rings is 1. The first-order valence-electron chi connectivity index (χ1n) is 8.34. The Bertz CT molecular complexity index is 539. The molecule has 22 heavy (non-hydrogen) atoms. The molecule has 1 atom stereocenters. The van der Waals surface area contributed by atoms with Gasteiger partial charge in [-0.05, 0) is 32.9 Å². The number of hydrogen-bond donors (Lipinski definition) is 0. The molecule has 6 heteroatoms. The average molecular weight is 306 g/mol. The lowest BCUT2D eigenvalue weighted by atomic mass is 10.0. The Morgan fingerprint density at radius 2 is 2.09 bits per heavy atom. The fourth-order valence-electron chi connectivity index (χ4n) is 3.37. The van der Waals surface area contributed by atoms with E-state index in [1.54, 1.807) is 10.7 Å². The van der Waals surface area contributed by atoms with Gasteiger partial charge >= 0.3 is 0 Å². The molecular formula is C16H26N4O2. The predicted molar refractivity (Wildman–Crippen MR) is 86.4 cm³/mol. The van der Waals surface area contributed by atoms with Crippen LogP contribution in [0.2, 0.25) is 0 Å². The Morgan fingerprint density at radius 3 is 2.82 bits per heavy atom. The molecule has 0 N–H and O–H groups in total. The third-order valence-electron chi connectivity index (χ3n) is 4.83. The largest absolute Gasteiger partial charge is 0.378 e. The van der Waals surface area contributed by atoms with Gasteiger partial charge in [0.2, 0.25) is 0 Å². The normalized spacial score (nSPS) is 23.7. The van der Waals surface area contributed by atoms with Gasteiger partial charge in [0.15, 0.2) is 0 Å². The topological polar surface area (TPSA) is 50.6 Å². The summed E-state index contributed by atoms with van der Waals surface area (Å²) < 4.78 is 6.94. The van der Waals surface area contributed by atoms with Crippen LogP contribution in [-0.4, -0.2) is 60.6 Å². The summed E-state index contributed by atoms with van der Waals surface area (Å²) in [5, 5.41) is 4.37. The van der Waals surface area contributed by atoms with Crippen LogP contribution in [0.3, 0.4) is 0 Å². The van der Waals surface area contributed by atoms with Crippen molar-refractivity contribution in [2.24, 2.45) is 0 Å². The van der Waals surface area contributed by atoms with Gasteiger partial charge in [0.1, 0.15) is 0 Å². The fourth-order valence-corrected chi connectivity index (χ4v) is 3.37. The first kappa shape index (κ1) is 15.5. The van der Waals surface area contributed by atoms with Crippen molar-refractivity contribution >= 4 is 5.69 Å². The first-order chi connectivity index (χ1) is 10.7. The number of aryl methyl sites for hydroxylation is 1. The van der Waals surface area contributed by atoms with Crippen molar-refractivity contribution in [3.8, 4) is 0 Å². The molecule has 3 heterocycles. The summed E-state index contributed by atoms with van der Waals surface area (Å²) in [5.41, 5.74) is 0.918. The van der Waals surface area contributed by atoms with Crippen LogP contribution in [-0.2, 0) is 11.3 Å². The minimum Gasteiger partial charge on any atom is -0.378 e. The second-order valence-corrected chi connectivity index (χ2v) is 6.29. The summed E-state index contributed by atoms with van der Waals surface area (Å²) in [4.78, 5) is 16.8. The standard InChI is InChI=1S/C16H26N4O2/c1-18-6-3-2-4-14(18)5-7-20-16(21)12-15(13-17-20)19-8-10-22-11-9-19/h12-14H,2-11H2,1H3. The molecule has 1 unspecified atom stereocenters. The maximum atomic E-state index is 12.3. The molecule has 0 spiro atoms. The van der Waals surface area contributed by atoms with E-state index in [0.717, 1.165) is 38.4 Å². The number of piperidine rings is 1. The Kier molecular flexibility index (Phi) is 5.10. The van der Waals surface area contributed by atoms with E-state index in [-0.39, 0.29) is 5.56 Å². The van der Waals surface area contributed by atoms with E-state index in [4.69, 9.17) is 4.74 Å². The summed E-state index contributed by atoms with van der Waals surface area (Å²) in [6.45, 7) is 4.98. The third kappa shape index (κ3) is 3.67. The second-order valence-electron chi connectivity index (χ2n) is 6.29. The fraction of sp³-hybridized carbons (Fsp3) is 0.750. The molecule has 0 radical (unpaired) electrons. The van der Waals surface area contributed by atoms with Crippen molar-refractivity contribution < 1.29 is 4.74 Å². The van der Waals surface area contributed by atoms with E-state index in [1.165, 1.54) is 25.8 Å². The molecule has 0 amide bonds. The zero-order valence-electron chi connectivity index (χ0n) is 13.4. The predicted octanol–water partition coefficient (Wildman–Crippen LogP) is 0.954. The van der Waals surface area contributed by atoms with Gasteiger partial charge in [0, 0.05) is 31.7 Å². The zero-order valence-corrected chi connectivity index (χ0v) is 13.4. The Labute approximate surface area is 131 Å². The third-order valence-corrected chi connectivity index (χ3v) is 4.83. The van der Waals surface area contributed by atoms with Gasteiger partial charge in [-0.15, -0.1) is 0 Å².